The van der Waals surface area contributed by atoms with Crippen molar-refractivity contribution < 1.29 is 72.9 Å². The van der Waals surface area contributed by atoms with Crippen LogP contribution in [0.1, 0.15) is 44.9 Å². The first-order valence-corrected chi connectivity index (χ1v) is 22.1. The number of aliphatic hydroxyl groups is 3. The molecule has 1 rings (SSSR count). The van der Waals surface area contributed by atoms with Gasteiger partial charge in [-0.2, -0.15) is 11.8 Å². The number of aliphatic hydroxyl groups excluding tert-OH is 3. The van der Waals surface area contributed by atoms with Crippen LogP contribution in [-0.4, -0.2) is 200 Å². The molecular weight excluding hydrogens is 913 g/mol. The smallest absolute Gasteiger partial charge is 0.243 e. The standard InChI is InChI=1S/C37H64N14O15S/c38-20-19-67-24(34(20)40)3-1-2-4-26(56)41-12-27(57)42-13-28(58)43-14-29(59)44-15-30(60)45-16-31(61)49-22(6-9-53)36(65)47-18-33(63)51-23(7-10-54)37(66)48-17-32(62)50-21(5-8-52)35(64)46-11-25(39)55/h20-24,34,52-54H,1-19,38,40H2,(H2,39,55)(H,41,56)(H,42,57)(H,43,58)(H,44,59)(H,45,60)(H,46,64)(H,47,65)(H,48,66)(H,49,61)(H,50,62)(H,51,63)/t20?,21?,22?,23?,24?,34-/m1/s1. The third-order valence-corrected chi connectivity index (χ3v) is 10.8. The SMILES string of the molecule is NC(=O)CNC(=O)C(CCO)NC(=O)CNC(=O)C(CCO)NC(=O)CNC(=O)C(CCO)NC(=O)CNC(=O)CNC(=O)CNC(=O)CNC(=O)CNC(=O)CCCCC1SCC(N)[C@H]1N. The van der Waals surface area contributed by atoms with Crippen LogP contribution in [0.2, 0.25) is 0 Å². The second-order valence-corrected chi connectivity index (χ2v) is 16.0. The fourth-order valence-corrected chi connectivity index (χ4v) is 7.13. The summed E-state index contributed by atoms with van der Waals surface area (Å²) in [5, 5.41) is 52.9. The summed E-state index contributed by atoms with van der Waals surface area (Å²) in [6.07, 6.45) is 1.54. The highest BCUT2D eigenvalue weighted by molar-refractivity contribution is 8.00. The fraction of sp³-hybridized carbons (Fsp3) is 0.676. The van der Waals surface area contributed by atoms with Crippen LogP contribution in [0, 0.1) is 0 Å². The van der Waals surface area contributed by atoms with Crippen LogP contribution in [0.25, 0.3) is 0 Å². The third-order valence-electron chi connectivity index (χ3n) is 9.29. The van der Waals surface area contributed by atoms with Crippen LogP contribution in [0.15, 0.2) is 0 Å². The molecule has 0 spiro atoms. The van der Waals surface area contributed by atoms with E-state index >= 15 is 0 Å². The van der Waals surface area contributed by atoms with Crippen molar-refractivity contribution in [3.8, 4) is 0 Å². The van der Waals surface area contributed by atoms with Crippen molar-refractivity contribution in [2.75, 3.05) is 77.9 Å². The van der Waals surface area contributed by atoms with E-state index in [0.29, 0.717) is 6.42 Å². The second kappa shape index (κ2) is 33.3. The average Bonchev–Trinajstić information content (AvgIpc) is 3.61. The number of carbonyl (C=O) groups excluding carboxylic acids is 12. The number of primary amides is 1. The summed E-state index contributed by atoms with van der Waals surface area (Å²) < 4.78 is 0. The molecule has 20 N–H and O–H groups in total. The van der Waals surface area contributed by atoms with Crippen LogP contribution >= 0.6 is 11.8 Å². The number of carbonyl (C=O) groups is 12. The summed E-state index contributed by atoms with van der Waals surface area (Å²) in [6.45, 7) is -6.44. The van der Waals surface area contributed by atoms with Gasteiger partial charge in [0, 0.05) is 49.3 Å². The summed E-state index contributed by atoms with van der Waals surface area (Å²) in [5.74, 6) is -8.86. The predicted molar refractivity (Wildman–Crippen MR) is 235 cm³/mol. The van der Waals surface area contributed by atoms with Crippen LogP contribution in [0.4, 0.5) is 0 Å². The number of nitrogens with one attached hydrogen (secondary N) is 11. The van der Waals surface area contributed by atoms with Crippen molar-refractivity contribution in [3.63, 3.8) is 0 Å². The molecule has 1 heterocycles. The molecule has 67 heavy (non-hydrogen) atoms. The highest BCUT2D eigenvalue weighted by Crippen LogP contribution is 2.29. The Balaban J connectivity index is 2.37. The van der Waals surface area contributed by atoms with E-state index in [1.165, 1.54) is 0 Å². The Bertz CT molecular complexity index is 1730. The first-order valence-electron chi connectivity index (χ1n) is 21.1. The molecule has 0 aliphatic carbocycles. The molecule has 378 valence electrons. The van der Waals surface area contributed by atoms with Gasteiger partial charge in [0.2, 0.25) is 70.9 Å². The van der Waals surface area contributed by atoms with Gasteiger partial charge in [0.15, 0.2) is 0 Å². The topological polar surface area (TPSA) is 476 Å². The molecule has 5 unspecified atom stereocenters. The number of hydrogen-bond donors (Lipinski definition) is 17. The van der Waals surface area contributed by atoms with E-state index in [9.17, 15) is 72.9 Å². The van der Waals surface area contributed by atoms with Gasteiger partial charge in [0.25, 0.3) is 0 Å². The van der Waals surface area contributed by atoms with Gasteiger partial charge in [-0.3, -0.25) is 57.5 Å². The zero-order valence-electron chi connectivity index (χ0n) is 36.8. The summed E-state index contributed by atoms with van der Waals surface area (Å²) in [7, 11) is 0. The van der Waals surface area contributed by atoms with Crippen molar-refractivity contribution in [1.29, 1.82) is 0 Å². The first-order chi connectivity index (χ1) is 31.8. The molecule has 29 nitrogen and oxygen atoms in total. The van der Waals surface area contributed by atoms with Crippen molar-refractivity contribution in [2.24, 2.45) is 17.2 Å². The lowest BCUT2D eigenvalue weighted by Crippen LogP contribution is -2.54. The summed E-state index contributed by atoms with van der Waals surface area (Å²) in [6, 6.07) is -4.20. The number of nitrogens with two attached hydrogens (primary N) is 3. The van der Waals surface area contributed by atoms with E-state index in [0.717, 1.165) is 18.6 Å². The van der Waals surface area contributed by atoms with Crippen LogP contribution in [0.5, 0.6) is 0 Å². The minimum Gasteiger partial charge on any atom is -0.396 e. The Morgan fingerprint density at radius 2 is 0.791 bits per heavy atom. The molecule has 12 amide bonds. The minimum absolute atomic E-state index is 0.0330. The summed E-state index contributed by atoms with van der Waals surface area (Å²) >= 11 is 1.72. The minimum atomic E-state index is -1.41. The average molecular weight is 977 g/mol. The lowest BCUT2D eigenvalue weighted by molar-refractivity contribution is -0.133. The monoisotopic (exact) mass is 976 g/mol. The van der Waals surface area contributed by atoms with Gasteiger partial charge in [-0.05, 0) is 32.1 Å². The molecule has 0 saturated carbocycles. The predicted octanol–water partition coefficient (Wildman–Crippen LogP) is -10.7. The van der Waals surface area contributed by atoms with Crippen molar-refractivity contribution in [2.45, 2.75) is 80.4 Å². The molecule has 6 atom stereocenters. The van der Waals surface area contributed by atoms with Gasteiger partial charge >= 0.3 is 0 Å². The summed E-state index contributed by atoms with van der Waals surface area (Å²) in [4.78, 5) is 146. The van der Waals surface area contributed by atoms with Crippen LogP contribution < -0.4 is 75.7 Å². The molecule has 1 aliphatic rings. The van der Waals surface area contributed by atoms with E-state index in [1.54, 1.807) is 11.8 Å². The van der Waals surface area contributed by atoms with Gasteiger partial charge < -0.3 is 91.0 Å². The normalized spacial score (nSPS) is 16.3. The van der Waals surface area contributed by atoms with Crippen molar-refractivity contribution >= 4 is 82.6 Å². The zero-order chi connectivity index (χ0) is 50.3. The van der Waals surface area contributed by atoms with E-state index in [1.807, 2.05) is 0 Å². The molecular formula is C37H64N14O15S. The maximum Gasteiger partial charge on any atom is 0.243 e. The van der Waals surface area contributed by atoms with E-state index in [4.69, 9.17) is 17.2 Å². The van der Waals surface area contributed by atoms with Gasteiger partial charge in [-0.25, -0.2) is 0 Å². The van der Waals surface area contributed by atoms with Crippen LogP contribution in [0.3, 0.4) is 0 Å². The number of amides is 12. The Labute approximate surface area is 388 Å². The van der Waals surface area contributed by atoms with E-state index < -0.39 is 149 Å². The Hall–Kier alpha value is -6.21. The molecule has 30 heteroatoms. The zero-order valence-corrected chi connectivity index (χ0v) is 37.6. The quantitative estimate of drug-likeness (QED) is 0.0272. The Morgan fingerprint density at radius 3 is 1.12 bits per heavy atom. The molecule has 0 radical (unpaired) electrons. The largest absolute Gasteiger partial charge is 0.396 e. The van der Waals surface area contributed by atoms with Gasteiger partial charge in [0.05, 0.1) is 52.4 Å². The van der Waals surface area contributed by atoms with Crippen molar-refractivity contribution in [3.05, 3.63) is 0 Å². The highest BCUT2D eigenvalue weighted by Gasteiger charge is 2.31. The Kier molecular flexibility index (Phi) is 29.2. The number of unbranched alkanes of at least 4 members (excludes halogenated alkanes) is 1. The third kappa shape index (κ3) is 26.5. The van der Waals surface area contributed by atoms with Gasteiger partial charge in [-0.15, -0.1) is 0 Å². The molecule has 1 aliphatic heterocycles. The summed E-state index contributed by atoms with van der Waals surface area (Å²) in [5.41, 5.74) is 16.9. The second-order valence-electron chi connectivity index (χ2n) is 14.8. The maximum atomic E-state index is 12.7. The number of rotatable bonds is 33. The van der Waals surface area contributed by atoms with Crippen LogP contribution in [-0.2, 0) is 57.5 Å². The van der Waals surface area contributed by atoms with Gasteiger partial charge in [-0.1, -0.05) is 6.42 Å². The van der Waals surface area contributed by atoms with Gasteiger partial charge in [0.1, 0.15) is 18.1 Å². The number of thioether (sulfide) groups is 1. The van der Waals surface area contributed by atoms with E-state index in [-0.39, 0.29) is 55.5 Å². The molecule has 1 fully saturated rings. The highest BCUT2D eigenvalue weighted by atomic mass is 32.2. The molecule has 0 aromatic heterocycles. The number of hydrogen-bond acceptors (Lipinski definition) is 18. The van der Waals surface area contributed by atoms with E-state index in [2.05, 4.69) is 58.5 Å². The Morgan fingerprint density at radius 1 is 0.463 bits per heavy atom. The maximum absolute atomic E-state index is 12.7. The molecule has 0 aromatic carbocycles. The van der Waals surface area contributed by atoms with Crippen molar-refractivity contribution in [1.82, 2.24) is 58.5 Å². The fourth-order valence-electron chi connectivity index (χ4n) is 5.68. The lowest BCUT2D eigenvalue weighted by atomic mass is 10.0. The molecule has 0 aromatic rings. The first kappa shape index (κ1) is 58.8. The molecule has 1 saturated heterocycles. The lowest BCUT2D eigenvalue weighted by Gasteiger charge is -2.20. The molecule has 0 bridgehead atoms.